The van der Waals surface area contributed by atoms with Crippen molar-refractivity contribution >= 4 is 132 Å². The fourth-order valence-corrected chi connectivity index (χ4v) is 18.3. The minimum absolute atomic E-state index is 0.0184. The topological polar surface area (TPSA) is 64.1 Å². The van der Waals surface area contributed by atoms with Gasteiger partial charge in [0.2, 0.25) is 11.8 Å². The Morgan fingerprint density at radius 1 is 0.343 bits per heavy atom. The number of hydrogen-bond acceptors (Lipinski definition) is 9. The third-order valence-electron chi connectivity index (χ3n) is 24.0. The van der Waals surface area contributed by atoms with Crippen LogP contribution in [0.15, 0.2) is 218 Å². The Morgan fingerprint density at radius 3 is 1.42 bits per heavy atom. The van der Waals surface area contributed by atoms with Gasteiger partial charge in [-0.25, -0.2) is 4.98 Å². The van der Waals surface area contributed by atoms with Crippen molar-refractivity contribution in [3.05, 3.63) is 274 Å². The lowest BCUT2D eigenvalue weighted by Crippen LogP contribution is -2.65. The fourth-order valence-electron chi connectivity index (χ4n) is 18.3. The Bertz CT molecular complexity index is 5450. The smallest absolute Gasteiger partial charge is 0.260 e. The van der Waals surface area contributed by atoms with Crippen LogP contribution in [0.2, 0.25) is 0 Å². The number of para-hydroxylation sites is 7. The summed E-state index contributed by atoms with van der Waals surface area (Å²) in [5, 5.41) is 0. The van der Waals surface area contributed by atoms with Crippen molar-refractivity contribution in [2.24, 2.45) is 0 Å². The minimum Gasteiger partial charge on any atom is -0.440 e. The van der Waals surface area contributed by atoms with Gasteiger partial charge in [0.1, 0.15) is 23.2 Å². The highest BCUT2D eigenvalue weighted by Crippen LogP contribution is 2.55. The Labute approximate surface area is 602 Å². The molecule has 102 heavy (non-hydrogen) atoms. The second-order valence-electron chi connectivity index (χ2n) is 32.4. The largest absolute Gasteiger partial charge is 0.440 e. The van der Waals surface area contributed by atoms with Crippen LogP contribution in [0.25, 0.3) is 0 Å². The molecular formula is C91H86B2N8O. The maximum absolute atomic E-state index is 7.82. The van der Waals surface area contributed by atoms with Crippen LogP contribution in [0.5, 0.6) is 11.6 Å². The summed E-state index contributed by atoms with van der Waals surface area (Å²) in [5.74, 6) is 4.26. The zero-order chi connectivity index (χ0) is 70.2. The van der Waals surface area contributed by atoms with Crippen molar-refractivity contribution in [2.75, 3.05) is 24.5 Å². The van der Waals surface area contributed by atoms with Crippen LogP contribution in [0.1, 0.15) is 137 Å². The molecule has 0 amide bonds. The molecule has 0 saturated carbocycles. The predicted molar refractivity (Wildman–Crippen MR) is 428 cm³/mol. The van der Waals surface area contributed by atoms with E-state index in [4.69, 9.17) is 19.7 Å². The lowest BCUT2D eigenvalue weighted by Gasteiger charge is -2.48. The molecule has 0 N–H and O–H groups in total. The van der Waals surface area contributed by atoms with E-state index in [9.17, 15) is 0 Å². The molecule has 2 aromatic heterocycles. The first-order valence-corrected chi connectivity index (χ1v) is 36.7. The zero-order valence-corrected chi connectivity index (χ0v) is 61.3. The van der Waals surface area contributed by atoms with Crippen molar-refractivity contribution in [1.29, 1.82) is 0 Å². The van der Waals surface area contributed by atoms with Gasteiger partial charge in [-0.15, -0.1) is 0 Å². The molecule has 0 unspecified atom stereocenters. The number of fused-ring (bicyclic) bond motifs is 10. The van der Waals surface area contributed by atoms with Gasteiger partial charge in [0.05, 0.1) is 22.7 Å². The first-order valence-electron chi connectivity index (χ1n) is 36.7. The molecule has 12 aromatic rings. The third-order valence-corrected chi connectivity index (χ3v) is 24.0. The van der Waals surface area contributed by atoms with E-state index in [2.05, 4.69) is 340 Å². The highest BCUT2D eigenvalue weighted by molar-refractivity contribution is 7.02. The van der Waals surface area contributed by atoms with Gasteiger partial charge >= 0.3 is 0 Å². The molecule has 0 bridgehead atoms. The standard InChI is InChI=1S/C91H86B2N8O/c1-55-29-21-24-40-72(55)100(82-57(3)31-27-32-58(82)4)79-54-77-80-84(94-79)99(62-37-19-16-20-38-62)76-53-78-71(52-70(76)93(80)69-50-66-67(91(13,14)48-47-90(66,11)12)51-75(69)97(77)63-43-44-64-65(49-63)89(9,10)46-45-88(64,7)8)92-68-39-23-26-42-74(68)98(61-35-17-15-18-36-61)85-81(92)86(102-78)96-87(95-85)101(73-41-25-22-30-56(73)2)83-59(5)33-28-34-60(83)6/h15-44,49-54H,45-48H2,1-14H3. The van der Waals surface area contributed by atoms with Crippen molar-refractivity contribution in [3.8, 4) is 11.6 Å². The first kappa shape index (κ1) is 63.5. The number of rotatable bonds is 9. The third kappa shape index (κ3) is 9.62. The molecule has 9 nitrogen and oxygen atoms in total. The highest BCUT2D eigenvalue weighted by Gasteiger charge is 2.52. The van der Waals surface area contributed by atoms with Crippen LogP contribution < -0.4 is 62.0 Å². The summed E-state index contributed by atoms with van der Waals surface area (Å²) < 4.78 is 7.82. The number of nitrogens with zero attached hydrogens (tertiary/aromatic N) is 8. The molecule has 6 heterocycles. The fraction of sp³-hybridized carbons (Fsp3) is 0.242. The van der Waals surface area contributed by atoms with E-state index in [1.165, 1.54) is 50.0 Å². The Kier molecular flexibility index (Phi) is 14.3. The van der Waals surface area contributed by atoms with Crippen LogP contribution >= 0.6 is 0 Å². The molecule has 0 atom stereocenters. The summed E-state index contributed by atoms with van der Waals surface area (Å²) in [4.78, 5) is 30.2. The average Bonchev–Trinajstić information content (AvgIpc) is 0.683. The summed E-state index contributed by atoms with van der Waals surface area (Å²) in [7, 11) is 0. The first-order chi connectivity index (χ1) is 49.1. The van der Waals surface area contributed by atoms with Gasteiger partial charge in [-0.2, -0.15) is 9.97 Å². The van der Waals surface area contributed by atoms with E-state index in [-0.39, 0.29) is 35.1 Å². The maximum atomic E-state index is 7.82. The van der Waals surface area contributed by atoms with Crippen molar-refractivity contribution in [1.82, 2.24) is 15.0 Å². The Hall–Kier alpha value is -10.6. The van der Waals surface area contributed by atoms with Crippen molar-refractivity contribution < 1.29 is 4.74 Å². The number of benzene rings is 10. The van der Waals surface area contributed by atoms with E-state index in [1.54, 1.807) is 0 Å². The number of aryl methyl sites for hydroxylation is 6. The van der Waals surface area contributed by atoms with E-state index >= 15 is 0 Å². The maximum Gasteiger partial charge on any atom is 0.260 e. The summed E-state index contributed by atoms with van der Waals surface area (Å²) >= 11 is 0. The Balaban J connectivity index is 0.968. The van der Waals surface area contributed by atoms with Crippen LogP contribution in [0.3, 0.4) is 0 Å². The molecule has 6 aliphatic rings. The number of aromatic nitrogens is 3. The van der Waals surface area contributed by atoms with Gasteiger partial charge < -0.3 is 9.64 Å². The highest BCUT2D eigenvalue weighted by atomic mass is 16.5. The van der Waals surface area contributed by atoms with E-state index < -0.39 is 0 Å². The molecule has 0 fully saturated rings. The van der Waals surface area contributed by atoms with Crippen molar-refractivity contribution in [2.45, 2.75) is 144 Å². The van der Waals surface area contributed by atoms with Gasteiger partial charge in [0.15, 0.2) is 0 Å². The quantitative estimate of drug-likeness (QED) is 0.132. The molecule has 2 aliphatic carbocycles. The van der Waals surface area contributed by atoms with Crippen LogP contribution in [-0.2, 0) is 21.7 Å². The summed E-state index contributed by atoms with van der Waals surface area (Å²) in [6.07, 6.45) is 4.41. The Morgan fingerprint density at radius 2 is 0.814 bits per heavy atom. The van der Waals surface area contributed by atoms with Gasteiger partial charge in [-0.1, -0.05) is 201 Å². The molecule has 4 aliphatic heterocycles. The number of pyridine rings is 1. The zero-order valence-electron chi connectivity index (χ0n) is 61.3. The van der Waals surface area contributed by atoms with Crippen molar-refractivity contribution in [3.63, 3.8) is 0 Å². The SMILES string of the molecule is Cc1ccccc1N(c1cc2c3c(n1)N(c1ccccc1)c1cc4c(cc1B3c1cc3c(cc1N2c1ccc2c(c1)C(C)(C)CCC2(C)C)C(C)(C)CCC3(C)C)B1c2ccccc2N(c2ccccc2)c2nc(N(c3ccccc3C)c3c(C)cccc3C)nc(c21)O4)c1c(C)cccc1C. The van der Waals surface area contributed by atoms with E-state index in [0.717, 1.165) is 150 Å². The second-order valence-corrected chi connectivity index (χ2v) is 32.4. The molecule has 502 valence electrons. The number of ether oxygens (including phenoxy) is 1. The van der Waals surface area contributed by atoms with Gasteiger partial charge in [0, 0.05) is 57.4 Å². The number of anilines is 15. The predicted octanol–water partition coefficient (Wildman–Crippen LogP) is 19.8. The molecule has 18 rings (SSSR count). The van der Waals surface area contributed by atoms with Gasteiger partial charge in [-0.3, -0.25) is 19.6 Å². The summed E-state index contributed by atoms with van der Waals surface area (Å²) in [6, 6.07) is 81.4. The normalized spacial score (nSPS) is 16.3. The summed E-state index contributed by atoms with van der Waals surface area (Å²) in [5.41, 5.74) is 30.8. The van der Waals surface area contributed by atoms with E-state index in [0.29, 0.717) is 11.8 Å². The molecule has 0 saturated heterocycles. The second kappa shape index (κ2) is 22.9. The molecule has 0 spiro atoms. The monoisotopic (exact) mass is 1330 g/mol. The summed E-state index contributed by atoms with van der Waals surface area (Å²) in [6.45, 7) is 32.4. The minimum atomic E-state index is -0.334. The van der Waals surface area contributed by atoms with Crippen LogP contribution in [0, 0.1) is 41.5 Å². The number of hydrogen-bond donors (Lipinski definition) is 0. The van der Waals surface area contributed by atoms with Crippen LogP contribution in [0.4, 0.5) is 86.0 Å². The van der Waals surface area contributed by atoms with Gasteiger partial charge in [0.25, 0.3) is 13.4 Å². The average molecular weight is 1330 g/mol. The lowest BCUT2D eigenvalue weighted by molar-refractivity contribution is 0.332. The lowest BCUT2D eigenvalue weighted by atomic mass is 9.30. The molecular weight excluding hydrogens is 1240 g/mol. The van der Waals surface area contributed by atoms with Crippen LogP contribution in [-0.4, -0.2) is 28.4 Å². The molecule has 0 radical (unpaired) electrons. The molecule has 11 heteroatoms. The van der Waals surface area contributed by atoms with E-state index in [1.807, 2.05) is 0 Å². The molecule has 10 aromatic carbocycles. The van der Waals surface area contributed by atoms with Gasteiger partial charge in [-0.05, 0) is 232 Å².